The molecule has 1 aliphatic heterocycles. The Morgan fingerprint density at radius 1 is 1.22 bits per heavy atom. The number of halogens is 3. The van der Waals surface area contributed by atoms with Crippen LogP contribution in [0.5, 0.6) is 5.75 Å². The molecule has 2 heterocycles. The Balaban J connectivity index is 1.68. The SMILES string of the molecule is CS(=O)(=O)NCc1nn(-c2ccc(C(F)(F)F)cc2)c2ccc(OC[C@@H]3CCOC3)cc12. The van der Waals surface area contributed by atoms with Crippen LogP contribution in [0.1, 0.15) is 17.7 Å². The topological polar surface area (TPSA) is 82.5 Å². The molecule has 172 valence electrons. The fraction of sp³-hybridized carbons (Fsp3) is 0.381. The minimum absolute atomic E-state index is 0.0666. The minimum atomic E-state index is -4.44. The fourth-order valence-corrected chi connectivity index (χ4v) is 3.90. The van der Waals surface area contributed by atoms with Crippen LogP contribution in [-0.4, -0.2) is 44.3 Å². The molecular weight excluding hydrogens is 447 g/mol. The van der Waals surface area contributed by atoms with Gasteiger partial charge in [0.2, 0.25) is 10.0 Å². The van der Waals surface area contributed by atoms with Crippen molar-refractivity contribution < 1.29 is 31.1 Å². The summed E-state index contributed by atoms with van der Waals surface area (Å²) in [5.74, 6) is 0.906. The van der Waals surface area contributed by atoms with E-state index in [0.717, 1.165) is 24.8 Å². The van der Waals surface area contributed by atoms with Crippen LogP contribution >= 0.6 is 0 Å². The summed E-state index contributed by atoms with van der Waals surface area (Å²) in [5.41, 5.74) is 0.709. The highest BCUT2D eigenvalue weighted by Crippen LogP contribution is 2.31. The number of alkyl halides is 3. The van der Waals surface area contributed by atoms with Gasteiger partial charge in [-0.05, 0) is 48.9 Å². The summed E-state index contributed by atoms with van der Waals surface area (Å²) >= 11 is 0. The van der Waals surface area contributed by atoms with E-state index in [2.05, 4.69) is 9.82 Å². The van der Waals surface area contributed by atoms with E-state index < -0.39 is 21.8 Å². The normalized spacial score (nSPS) is 17.2. The Kier molecular flexibility index (Phi) is 6.15. The largest absolute Gasteiger partial charge is 0.493 e. The van der Waals surface area contributed by atoms with E-state index in [1.54, 1.807) is 18.2 Å². The van der Waals surface area contributed by atoms with Gasteiger partial charge in [-0.15, -0.1) is 0 Å². The van der Waals surface area contributed by atoms with Crippen molar-refractivity contribution in [1.82, 2.24) is 14.5 Å². The predicted octanol–water partition coefficient (Wildman–Crippen LogP) is 3.51. The summed E-state index contributed by atoms with van der Waals surface area (Å²) in [4.78, 5) is 0. The van der Waals surface area contributed by atoms with Crippen molar-refractivity contribution in [3.8, 4) is 11.4 Å². The van der Waals surface area contributed by atoms with E-state index >= 15 is 0 Å². The molecule has 0 amide bonds. The van der Waals surface area contributed by atoms with Gasteiger partial charge in [0.25, 0.3) is 0 Å². The smallest absolute Gasteiger partial charge is 0.416 e. The fourth-order valence-electron chi connectivity index (χ4n) is 3.50. The first kappa shape index (κ1) is 22.6. The standard InChI is InChI=1S/C21H22F3N3O4S/c1-32(28,29)25-11-19-18-10-17(31-13-14-8-9-30-12-14)6-7-20(18)27(26-19)16-4-2-15(3-5-16)21(22,23)24/h2-7,10,14,25H,8-9,11-13H2,1H3/t14-/m1/s1. The van der Waals surface area contributed by atoms with E-state index in [1.807, 2.05) is 0 Å². The van der Waals surface area contributed by atoms with Crippen molar-refractivity contribution in [3.63, 3.8) is 0 Å². The molecule has 3 aromatic rings. The first-order chi connectivity index (χ1) is 15.1. The number of nitrogens with zero attached hydrogens (tertiary/aromatic N) is 2. The Labute approximate surface area is 183 Å². The monoisotopic (exact) mass is 469 g/mol. The molecule has 1 aromatic heterocycles. The van der Waals surface area contributed by atoms with E-state index in [4.69, 9.17) is 9.47 Å². The molecule has 0 radical (unpaired) electrons. The van der Waals surface area contributed by atoms with Crippen LogP contribution in [0.4, 0.5) is 13.2 Å². The molecule has 0 unspecified atom stereocenters. The molecule has 1 saturated heterocycles. The second-order valence-electron chi connectivity index (χ2n) is 7.72. The zero-order valence-electron chi connectivity index (χ0n) is 17.2. The molecule has 32 heavy (non-hydrogen) atoms. The number of aromatic nitrogens is 2. The van der Waals surface area contributed by atoms with Crippen LogP contribution in [0.3, 0.4) is 0 Å². The first-order valence-electron chi connectivity index (χ1n) is 9.94. The highest BCUT2D eigenvalue weighted by Gasteiger charge is 2.30. The third-order valence-corrected chi connectivity index (χ3v) is 5.85. The molecule has 11 heteroatoms. The number of rotatable bonds is 7. The average Bonchev–Trinajstić information content (AvgIpc) is 3.37. The Hall–Kier alpha value is -2.63. The van der Waals surface area contributed by atoms with E-state index in [0.29, 0.717) is 53.8 Å². The van der Waals surface area contributed by atoms with Gasteiger partial charge in [0.15, 0.2) is 0 Å². The summed E-state index contributed by atoms with van der Waals surface area (Å²) in [5, 5.41) is 5.11. The van der Waals surface area contributed by atoms with Gasteiger partial charge in [-0.2, -0.15) is 18.3 Å². The number of sulfonamides is 1. The van der Waals surface area contributed by atoms with E-state index in [-0.39, 0.29) is 6.54 Å². The lowest BCUT2D eigenvalue weighted by atomic mass is 10.1. The highest BCUT2D eigenvalue weighted by molar-refractivity contribution is 7.88. The molecule has 0 aliphatic carbocycles. The van der Waals surface area contributed by atoms with Gasteiger partial charge in [0.1, 0.15) is 5.75 Å². The van der Waals surface area contributed by atoms with Crippen molar-refractivity contribution in [2.75, 3.05) is 26.1 Å². The minimum Gasteiger partial charge on any atom is -0.493 e. The quantitative estimate of drug-likeness (QED) is 0.573. The Morgan fingerprint density at radius 2 is 1.97 bits per heavy atom. The second-order valence-corrected chi connectivity index (χ2v) is 9.55. The lowest BCUT2D eigenvalue weighted by molar-refractivity contribution is -0.137. The van der Waals surface area contributed by atoms with Crippen molar-refractivity contribution in [1.29, 1.82) is 0 Å². The Morgan fingerprint density at radius 3 is 2.59 bits per heavy atom. The van der Waals surface area contributed by atoms with Crippen LogP contribution in [0.2, 0.25) is 0 Å². The van der Waals surface area contributed by atoms with Crippen molar-refractivity contribution in [2.24, 2.45) is 5.92 Å². The van der Waals surface area contributed by atoms with Gasteiger partial charge in [-0.25, -0.2) is 17.8 Å². The molecule has 0 spiro atoms. The molecule has 0 bridgehead atoms. The molecule has 1 atom stereocenters. The van der Waals surface area contributed by atoms with Crippen molar-refractivity contribution in [3.05, 3.63) is 53.7 Å². The van der Waals surface area contributed by atoms with Gasteiger partial charge >= 0.3 is 6.18 Å². The predicted molar refractivity (Wildman–Crippen MR) is 112 cm³/mol. The third kappa shape index (κ3) is 5.22. The molecule has 4 rings (SSSR count). The molecular formula is C21H22F3N3O4S. The van der Waals surface area contributed by atoms with E-state index in [9.17, 15) is 21.6 Å². The highest BCUT2D eigenvalue weighted by atomic mass is 32.2. The number of fused-ring (bicyclic) bond motifs is 1. The van der Waals surface area contributed by atoms with Crippen LogP contribution in [0.25, 0.3) is 16.6 Å². The van der Waals surface area contributed by atoms with Gasteiger partial charge in [-0.3, -0.25) is 0 Å². The maximum atomic E-state index is 12.9. The van der Waals surface area contributed by atoms with Crippen LogP contribution < -0.4 is 9.46 Å². The zero-order valence-corrected chi connectivity index (χ0v) is 18.0. The van der Waals surface area contributed by atoms with Crippen molar-refractivity contribution >= 4 is 20.9 Å². The molecule has 7 nitrogen and oxygen atoms in total. The van der Waals surface area contributed by atoms with Crippen LogP contribution in [-0.2, 0) is 27.5 Å². The lowest BCUT2D eigenvalue weighted by Gasteiger charge is -2.11. The maximum absolute atomic E-state index is 12.9. The van der Waals surface area contributed by atoms with Crippen LogP contribution in [0.15, 0.2) is 42.5 Å². The summed E-state index contributed by atoms with van der Waals surface area (Å²) in [6, 6.07) is 9.90. The number of nitrogens with one attached hydrogen (secondary N) is 1. The maximum Gasteiger partial charge on any atom is 0.416 e. The number of hydrogen-bond acceptors (Lipinski definition) is 5. The summed E-state index contributed by atoms with van der Waals surface area (Å²) in [7, 11) is -3.47. The van der Waals surface area contributed by atoms with Crippen molar-refractivity contribution in [2.45, 2.75) is 19.1 Å². The van der Waals surface area contributed by atoms with Gasteiger partial charge in [0.05, 0.1) is 48.5 Å². The molecule has 1 N–H and O–H groups in total. The molecule has 0 saturated carbocycles. The lowest BCUT2D eigenvalue weighted by Crippen LogP contribution is -2.21. The first-order valence-corrected chi connectivity index (χ1v) is 11.8. The molecule has 1 aliphatic rings. The average molecular weight is 469 g/mol. The van der Waals surface area contributed by atoms with E-state index in [1.165, 1.54) is 16.8 Å². The Bertz CT molecular complexity index is 1200. The van der Waals surface area contributed by atoms with Crippen LogP contribution in [0, 0.1) is 5.92 Å². The third-order valence-electron chi connectivity index (χ3n) is 5.18. The summed E-state index contributed by atoms with van der Waals surface area (Å²) < 4.78 is 77.0. The second kappa shape index (κ2) is 8.72. The summed E-state index contributed by atoms with van der Waals surface area (Å²) in [6.07, 6.45) is -2.47. The number of benzene rings is 2. The van der Waals surface area contributed by atoms with Gasteiger partial charge < -0.3 is 9.47 Å². The molecule has 1 fully saturated rings. The zero-order chi connectivity index (χ0) is 22.9. The van der Waals surface area contributed by atoms with Gasteiger partial charge in [0, 0.05) is 17.9 Å². The number of hydrogen-bond donors (Lipinski definition) is 1. The summed E-state index contributed by atoms with van der Waals surface area (Å²) in [6.45, 7) is 1.80. The van der Waals surface area contributed by atoms with Gasteiger partial charge in [-0.1, -0.05) is 0 Å². The number of ether oxygens (including phenoxy) is 2. The molecule has 2 aromatic carbocycles.